The number of carbonyl (C=O) groups is 1. The molecule has 0 aliphatic rings. The number of alkyl halides is 3. The van der Waals surface area contributed by atoms with Crippen LogP contribution in [-0.2, 0) is 9.53 Å². The van der Waals surface area contributed by atoms with Gasteiger partial charge in [0.15, 0.2) is 0 Å². The number of benzene rings is 1. The Kier molecular flexibility index (Phi) is 7.02. The highest BCUT2D eigenvalue weighted by Crippen LogP contribution is 2.32. The zero-order chi connectivity index (χ0) is 18.4. The summed E-state index contributed by atoms with van der Waals surface area (Å²) < 4.78 is 43.4. The van der Waals surface area contributed by atoms with Crippen LogP contribution in [0.25, 0.3) is 0 Å². The molecule has 0 heterocycles. The molecular weight excluding hydrogens is 319 g/mol. The van der Waals surface area contributed by atoms with Crippen LogP contribution in [0.3, 0.4) is 0 Å². The summed E-state index contributed by atoms with van der Waals surface area (Å²) in [6, 6.07) is 8.88. The predicted molar refractivity (Wildman–Crippen MR) is 87.4 cm³/mol. The summed E-state index contributed by atoms with van der Waals surface area (Å²) in [5, 5.41) is 1.91. The Labute approximate surface area is 140 Å². The second-order valence-corrected chi connectivity index (χ2v) is 6.19. The van der Waals surface area contributed by atoms with Gasteiger partial charge in [0.2, 0.25) is 0 Å². The van der Waals surface area contributed by atoms with Gasteiger partial charge >= 0.3 is 12.1 Å². The first-order valence-corrected chi connectivity index (χ1v) is 7.79. The number of hydrogen-bond donors (Lipinski definition) is 1. The molecule has 2 atom stereocenters. The van der Waals surface area contributed by atoms with Gasteiger partial charge in [-0.3, -0.25) is 4.79 Å². The third kappa shape index (κ3) is 5.67. The maximum Gasteiger partial charge on any atom is 0.471 e. The van der Waals surface area contributed by atoms with E-state index in [1.54, 1.807) is 36.4 Å². The van der Waals surface area contributed by atoms with Gasteiger partial charge in [-0.1, -0.05) is 50.3 Å². The standard InChI is InChI=1S/C18H24F3NO2/c1-5-11-17(4,13(2)3)24-15(14-9-7-6-8-10-14)12-22-16(23)18(19,20)21/h5-10,13,15H,1,11-12H2,2-4H3,(H,22,23)/t15-,17+/m1/s1. The van der Waals surface area contributed by atoms with Gasteiger partial charge in [0, 0.05) is 6.54 Å². The molecule has 0 spiro atoms. The van der Waals surface area contributed by atoms with Crippen LogP contribution in [0.2, 0.25) is 0 Å². The summed E-state index contributed by atoms with van der Waals surface area (Å²) in [5.41, 5.74) is 0.0986. The molecule has 0 aliphatic heterocycles. The summed E-state index contributed by atoms with van der Waals surface area (Å²) in [4.78, 5) is 11.1. The second kappa shape index (κ2) is 8.33. The molecule has 3 nitrogen and oxygen atoms in total. The van der Waals surface area contributed by atoms with E-state index in [0.29, 0.717) is 12.0 Å². The predicted octanol–water partition coefficient (Wildman–Crippen LogP) is 4.41. The maximum atomic E-state index is 12.4. The van der Waals surface area contributed by atoms with E-state index in [2.05, 4.69) is 6.58 Å². The highest BCUT2D eigenvalue weighted by Gasteiger charge is 2.39. The van der Waals surface area contributed by atoms with Crippen molar-refractivity contribution in [2.24, 2.45) is 5.92 Å². The molecule has 0 saturated carbocycles. The maximum absolute atomic E-state index is 12.4. The van der Waals surface area contributed by atoms with E-state index < -0.39 is 23.8 Å². The molecule has 1 aromatic rings. The Hall–Kier alpha value is -1.82. The molecule has 6 heteroatoms. The van der Waals surface area contributed by atoms with Crippen LogP contribution in [0.5, 0.6) is 0 Å². The first kappa shape index (κ1) is 20.2. The minimum Gasteiger partial charge on any atom is -0.365 e. The van der Waals surface area contributed by atoms with Crippen molar-refractivity contribution in [2.45, 2.75) is 45.1 Å². The third-order valence-corrected chi connectivity index (χ3v) is 4.06. The number of halogens is 3. The zero-order valence-electron chi connectivity index (χ0n) is 14.2. The van der Waals surface area contributed by atoms with Crippen LogP contribution in [0, 0.1) is 5.92 Å². The lowest BCUT2D eigenvalue weighted by molar-refractivity contribution is -0.175. The monoisotopic (exact) mass is 343 g/mol. The summed E-state index contributed by atoms with van der Waals surface area (Å²) in [6.45, 7) is 9.29. The van der Waals surface area contributed by atoms with Gasteiger partial charge < -0.3 is 10.1 Å². The molecule has 1 amide bonds. The van der Waals surface area contributed by atoms with Crippen LogP contribution in [0.1, 0.15) is 38.9 Å². The summed E-state index contributed by atoms with van der Waals surface area (Å²) >= 11 is 0. The van der Waals surface area contributed by atoms with E-state index in [1.165, 1.54) is 0 Å². The van der Waals surface area contributed by atoms with Gasteiger partial charge in [-0.05, 0) is 24.8 Å². The Morgan fingerprint density at radius 1 is 1.29 bits per heavy atom. The second-order valence-electron chi connectivity index (χ2n) is 6.19. The number of hydrogen-bond acceptors (Lipinski definition) is 2. The topological polar surface area (TPSA) is 38.3 Å². The van der Waals surface area contributed by atoms with E-state index in [-0.39, 0.29) is 12.5 Å². The van der Waals surface area contributed by atoms with Crippen LogP contribution < -0.4 is 5.32 Å². The molecule has 0 fully saturated rings. The molecule has 0 unspecified atom stereocenters. The lowest BCUT2D eigenvalue weighted by atomic mass is 9.88. The van der Waals surface area contributed by atoms with Crippen LogP contribution in [0.15, 0.2) is 43.0 Å². The SMILES string of the molecule is C=CC[C@](C)(O[C@H](CNC(=O)C(F)(F)F)c1ccccc1)C(C)C. The Morgan fingerprint density at radius 2 is 1.88 bits per heavy atom. The first-order chi connectivity index (χ1) is 11.1. The number of amides is 1. The minimum atomic E-state index is -4.91. The number of ether oxygens (including phenoxy) is 1. The highest BCUT2D eigenvalue weighted by atomic mass is 19.4. The molecule has 0 aliphatic carbocycles. The lowest BCUT2D eigenvalue weighted by Crippen LogP contribution is -2.42. The Balaban J connectivity index is 2.98. The molecule has 0 bridgehead atoms. The van der Waals surface area contributed by atoms with Crippen LogP contribution in [0.4, 0.5) is 13.2 Å². The average Bonchev–Trinajstić information content (AvgIpc) is 2.51. The largest absolute Gasteiger partial charge is 0.471 e. The van der Waals surface area contributed by atoms with E-state index >= 15 is 0 Å². The van der Waals surface area contributed by atoms with Crippen molar-refractivity contribution in [3.05, 3.63) is 48.6 Å². The first-order valence-electron chi connectivity index (χ1n) is 7.79. The molecule has 134 valence electrons. The Bertz CT molecular complexity index is 543. The molecule has 24 heavy (non-hydrogen) atoms. The van der Waals surface area contributed by atoms with Crippen LogP contribution in [-0.4, -0.2) is 24.2 Å². The van der Waals surface area contributed by atoms with E-state index in [9.17, 15) is 18.0 Å². The molecule has 0 radical (unpaired) electrons. The zero-order valence-corrected chi connectivity index (χ0v) is 14.2. The fourth-order valence-corrected chi connectivity index (χ4v) is 2.21. The van der Waals surface area contributed by atoms with Crippen molar-refractivity contribution in [1.82, 2.24) is 5.32 Å². The smallest absolute Gasteiger partial charge is 0.365 e. The highest BCUT2D eigenvalue weighted by molar-refractivity contribution is 5.81. The summed E-state index contributed by atoms with van der Waals surface area (Å²) in [5.74, 6) is -1.86. The molecule has 1 N–H and O–H groups in total. The van der Waals surface area contributed by atoms with Crippen molar-refractivity contribution in [3.8, 4) is 0 Å². The summed E-state index contributed by atoms with van der Waals surface area (Å²) in [7, 11) is 0. The van der Waals surface area contributed by atoms with Crippen molar-refractivity contribution >= 4 is 5.91 Å². The number of rotatable bonds is 8. The van der Waals surface area contributed by atoms with Crippen molar-refractivity contribution < 1.29 is 22.7 Å². The summed E-state index contributed by atoms with van der Waals surface area (Å²) in [6.07, 6.45) is -3.34. The van der Waals surface area contributed by atoms with E-state index in [4.69, 9.17) is 4.74 Å². The Morgan fingerprint density at radius 3 is 2.33 bits per heavy atom. The van der Waals surface area contributed by atoms with E-state index in [1.807, 2.05) is 26.1 Å². The minimum absolute atomic E-state index is 0.111. The third-order valence-electron chi connectivity index (χ3n) is 4.06. The van der Waals surface area contributed by atoms with Gasteiger partial charge in [-0.2, -0.15) is 13.2 Å². The fourth-order valence-electron chi connectivity index (χ4n) is 2.21. The lowest BCUT2D eigenvalue weighted by Gasteiger charge is -2.37. The quantitative estimate of drug-likeness (QED) is 0.710. The molecule has 1 aromatic carbocycles. The average molecular weight is 343 g/mol. The van der Waals surface area contributed by atoms with Crippen molar-refractivity contribution in [1.29, 1.82) is 0 Å². The van der Waals surface area contributed by atoms with E-state index in [0.717, 1.165) is 0 Å². The molecule has 0 aromatic heterocycles. The number of carbonyl (C=O) groups excluding carboxylic acids is 1. The van der Waals surface area contributed by atoms with Gasteiger partial charge in [0.05, 0.1) is 5.60 Å². The molecular formula is C18H24F3NO2. The van der Waals surface area contributed by atoms with Gasteiger partial charge in [-0.15, -0.1) is 6.58 Å². The fraction of sp³-hybridized carbons (Fsp3) is 0.500. The van der Waals surface area contributed by atoms with Gasteiger partial charge in [0.1, 0.15) is 6.10 Å². The van der Waals surface area contributed by atoms with Gasteiger partial charge in [-0.25, -0.2) is 0 Å². The van der Waals surface area contributed by atoms with Crippen LogP contribution >= 0.6 is 0 Å². The van der Waals surface area contributed by atoms with Crippen molar-refractivity contribution in [3.63, 3.8) is 0 Å². The van der Waals surface area contributed by atoms with Gasteiger partial charge in [0.25, 0.3) is 0 Å². The number of nitrogens with one attached hydrogen (secondary N) is 1. The van der Waals surface area contributed by atoms with Crippen molar-refractivity contribution in [2.75, 3.05) is 6.54 Å². The molecule has 1 rings (SSSR count). The molecule has 0 saturated heterocycles. The normalized spacial score (nSPS) is 15.6.